The minimum Gasteiger partial charge on any atom is -0.459 e. The molecule has 3 aromatic rings. The molecule has 0 aliphatic heterocycles. The van der Waals surface area contributed by atoms with Gasteiger partial charge < -0.3 is 4.74 Å². The standard InChI is InChI=1S/C23H24N2O3S/c1-4-18-9-11-21(12-10-18)25(17(3)26)23-24-20(15-29-23)14-28-22(27)13-19-7-5-16(2)6-8-19/h5-12,15H,4,13-14H2,1-3H3. The topological polar surface area (TPSA) is 59.5 Å². The zero-order valence-corrected chi connectivity index (χ0v) is 17.7. The smallest absolute Gasteiger partial charge is 0.310 e. The third kappa shape index (κ3) is 5.51. The normalized spacial score (nSPS) is 10.6. The summed E-state index contributed by atoms with van der Waals surface area (Å²) in [5, 5.41) is 2.37. The first-order valence-corrected chi connectivity index (χ1v) is 10.4. The summed E-state index contributed by atoms with van der Waals surface area (Å²) in [6, 6.07) is 15.6. The number of thiazole rings is 1. The van der Waals surface area contributed by atoms with Crippen LogP contribution in [0.4, 0.5) is 10.8 Å². The van der Waals surface area contributed by atoms with Crippen LogP contribution in [0.1, 0.15) is 36.2 Å². The fourth-order valence-corrected chi connectivity index (χ4v) is 3.72. The summed E-state index contributed by atoms with van der Waals surface area (Å²) in [5.41, 5.74) is 4.66. The second-order valence-electron chi connectivity index (χ2n) is 6.82. The molecule has 0 bridgehead atoms. The average Bonchev–Trinajstić information content (AvgIpc) is 3.17. The molecule has 0 N–H and O–H groups in total. The van der Waals surface area contributed by atoms with E-state index in [1.54, 1.807) is 4.90 Å². The van der Waals surface area contributed by atoms with Gasteiger partial charge in [0.2, 0.25) is 5.91 Å². The molecular weight excluding hydrogens is 384 g/mol. The van der Waals surface area contributed by atoms with Crippen molar-refractivity contribution in [2.24, 2.45) is 0 Å². The molecule has 3 rings (SSSR count). The maximum absolute atomic E-state index is 12.2. The van der Waals surface area contributed by atoms with Gasteiger partial charge in [-0.3, -0.25) is 14.5 Å². The molecule has 2 aromatic carbocycles. The number of benzene rings is 2. The van der Waals surface area contributed by atoms with Crippen LogP contribution in [0.2, 0.25) is 0 Å². The van der Waals surface area contributed by atoms with E-state index in [9.17, 15) is 9.59 Å². The molecule has 5 nitrogen and oxygen atoms in total. The summed E-state index contributed by atoms with van der Waals surface area (Å²) in [7, 11) is 0. The van der Waals surface area contributed by atoms with Crippen LogP contribution >= 0.6 is 11.3 Å². The van der Waals surface area contributed by atoms with E-state index < -0.39 is 0 Å². The third-order valence-electron chi connectivity index (χ3n) is 4.50. The number of amides is 1. The van der Waals surface area contributed by atoms with E-state index in [0.717, 1.165) is 23.2 Å². The number of aryl methyl sites for hydroxylation is 2. The Balaban J connectivity index is 1.64. The number of carbonyl (C=O) groups excluding carboxylic acids is 2. The van der Waals surface area contributed by atoms with Crippen LogP contribution < -0.4 is 4.90 Å². The summed E-state index contributed by atoms with van der Waals surface area (Å²) in [6.45, 7) is 5.69. The summed E-state index contributed by atoms with van der Waals surface area (Å²) in [4.78, 5) is 30.4. The van der Waals surface area contributed by atoms with Crippen LogP contribution in [0.25, 0.3) is 0 Å². The SMILES string of the molecule is CCc1ccc(N(C(C)=O)c2nc(COC(=O)Cc3ccc(C)cc3)cs2)cc1. The van der Waals surface area contributed by atoms with Gasteiger partial charge >= 0.3 is 5.97 Å². The number of esters is 1. The Morgan fingerprint density at radius 2 is 1.69 bits per heavy atom. The molecule has 0 saturated carbocycles. The predicted molar refractivity (Wildman–Crippen MR) is 115 cm³/mol. The van der Waals surface area contributed by atoms with Gasteiger partial charge in [0.1, 0.15) is 6.61 Å². The van der Waals surface area contributed by atoms with Crippen molar-refractivity contribution < 1.29 is 14.3 Å². The second-order valence-corrected chi connectivity index (χ2v) is 7.66. The van der Waals surface area contributed by atoms with E-state index in [1.807, 2.05) is 60.8 Å². The van der Waals surface area contributed by atoms with Crippen LogP contribution in [0.5, 0.6) is 0 Å². The Bertz CT molecular complexity index is 978. The zero-order valence-electron chi connectivity index (χ0n) is 16.8. The van der Waals surface area contributed by atoms with E-state index in [1.165, 1.54) is 23.8 Å². The lowest BCUT2D eigenvalue weighted by atomic mass is 10.1. The number of ether oxygens (including phenoxy) is 1. The van der Waals surface area contributed by atoms with Crippen LogP contribution in [0.3, 0.4) is 0 Å². The highest BCUT2D eigenvalue weighted by Gasteiger charge is 2.18. The zero-order chi connectivity index (χ0) is 20.8. The van der Waals surface area contributed by atoms with Gasteiger partial charge in [-0.1, -0.05) is 48.9 Å². The highest BCUT2D eigenvalue weighted by atomic mass is 32.1. The van der Waals surface area contributed by atoms with E-state index >= 15 is 0 Å². The van der Waals surface area contributed by atoms with Gasteiger partial charge in [0.25, 0.3) is 0 Å². The number of hydrogen-bond acceptors (Lipinski definition) is 5. The highest BCUT2D eigenvalue weighted by molar-refractivity contribution is 7.14. The Kier molecular flexibility index (Phi) is 6.77. The van der Waals surface area contributed by atoms with Crippen molar-refractivity contribution in [2.75, 3.05) is 4.90 Å². The predicted octanol–water partition coefficient (Wildman–Crippen LogP) is 4.98. The fourth-order valence-electron chi connectivity index (χ4n) is 2.85. The van der Waals surface area contributed by atoms with Crippen LogP contribution in [-0.4, -0.2) is 16.9 Å². The lowest BCUT2D eigenvalue weighted by Gasteiger charge is -2.18. The molecular formula is C23H24N2O3S. The Morgan fingerprint density at radius 1 is 1.03 bits per heavy atom. The molecule has 0 saturated heterocycles. The molecule has 0 unspecified atom stereocenters. The number of rotatable bonds is 7. The van der Waals surface area contributed by atoms with E-state index in [2.05, 4.69) is 11.9 Å². The van der Waals surface area contributed by atoms with Crippen LogP contribution in [-0.2, 0) is 33.8 Å². The van der Waals surface area contributed by atoms with E-state index in [0.29, 0.717) is 10.8 Å². The fraction of sp³-hybridized carbons (Fsp3) is 0.261. The highest BCUT2D eigenvalue weighted by Crippen LogP contribution is 2.29. The van der Waals surface area contributed by atoms with Crippen LogP contribution in [0.15, 0.2) is 53.9 Å². The van der Waals surface area contributed by atoms with Gasteiger partial charge in [0.15, 0.2) is 5.13 Å². The van der Waals surface area contributed by atoms with Crippen molar-refractivity contribution in [2.45, 2.75) is 40.2 Å². The van der Waals surface area contributed by atoms with Crippen molar-refractivity contribution in [3.8, 4) is 0 Å². The maximum Gasteiger partial charge on any atom is 0.310 e. The number of aromatic nitrogens is 1. The molecule has 29 heavy (non-hydrogen) atoms. The first-order valence-electron chi connectivity index (χ1n) is 9.51. The summed E-state index contributed by atoms with van der Waals surface area (Å²) in [5.74, 6) is -0.423. The Labute approximate surface area is 175 Å². The molecule has 0 aliphatic rings. The van der Waals surface area contributed by atoms with E-state index in [4.69, 9.17) is 4.74 Å². The minimum absolute atomic E-state index is 0.0850. The van der Waals surface area contributed by atoms with Crippen molar-refractivity contribution in [3.63, 3.8) is 0 Å². The van der Waals surface area contributed by atoms with Gasteiger partial charge in [-0.05, 0) is 36.6 Å². The largest absolute Gasteiger partial charge is 0.459 e. The van der Waals surface area contributed by atoms with Gasteiger partial charge in [0, 0.05) is 12.3 Å². The number of nitrogens with zero attached hydrogens (tertiary/aromatic N) is 2. The number of anilines is 2. The van der Waals surface area contributed by atoms with Gasteiger partial charge in [-0.25, -0.2) is 4.98 Å². The average molecular weight is 409 g/mol. The molecule has 1 heterocycles. The van der Waals surface area contributed by atoms with Crippen molar-refractivity contribution in [3.05, 3.63) is 76.3 Å². The summed E-state index contributed by atoms with van der Waals surface area (Å²) < 4.78 is 5.35. The van der Waals surface area contributed by atoms with Gasteiger partial charge in [-0.15, -0.1) is 11.3 Å². The molecule has 0 radical (unpaired) electrons. The van der Waals surface area contributed by atoms with E-state index in [-0.39, 0.29) is 24.9 Å². The Hall–Kier alpha value is -2.99. The Morgan fingerprint density at radius 3 is 2.31 bits per heavy atom. The van der Waals surface area contributed by atoms with Gasteiger partial charge in [-0.2, -0.15) is 0 Å². The molecule has 0 fully saturated rings. The lowest BCUT2D eigenvalue weighted by Crippen LogP contribution is -2.22. The number of hydrogen-bond donors (Lipinski definition) is 0. The molecule has 0 aliphatic carbocycles. The third-order valence-corrected chi connectivity index (χ3v) is 5.37. The lowest BCUT2D eigenvalue weighted by molar-refractivity contribution is -0.144. The first-order chi connectivity index (χ1) is 14.0. The van der Waals surface area contributed by atoms with Crippen molar-refractivity contribution >= 4 is 34.0 Å². The molecule has 1 aromatic heterocycles. The second kappa shape index (κ2) is 9.47. The number of carbonyl (C=O) groups is 2. The molecule has 150 valence electrons. The molecule has 0 spiro atoms. The van der Waals surface area contributed by atoms with Crippen molar-refractivity contribution in [1.82, 2.24) is 4.98 Å². The molecule has 1 amide bonds. The monoisotopic (exact) mass is 408 g/mol. The van der Waals surface area contributed by atoms with Crippen LogP contribution in [0, 0.1) is 6.92 Å². The van der Waals surface area contributed by atoms with Gasteiger partial charge in [0.05, 0.1) is 17.8 Å². The summed E-state index contributed by atoms with van der Waals surface area (Å²) in [6.07, 6.45) is 1.16. The minimum atomic E-state index is -0.304. The molecule has 0 atom stereocenters. The molecule has 6 heteroatoms. The van der Waals surface area contributed by atoms with Crippen molar-refractivity contribution in [1.29, 1.82) is 0 Å². The first kappa shape index (κ1) is 20.7. The summed E-state index contributed by atoms with van der Waals surface area (Å²) >= 11 is 1.35. The maximum atomic E-state index is 12.2. The quantitative estimate of drug-likeness (QED) is 0.517.